The number of nitrogens with two attached hydrogens (primary N) is 1. The van der Waals surface area contributed by atoms with E-state index in [0.29, 0.717) is 0 Å². The van der Waals surface area contributed by atoms with Gasteiger partial charge in [-0.05, 0) is 69.7 Å². The number of benzene rings is 1. The van der Waals surface area contributed by atoms with Crippen molar-refractivity contribution >= 4 is 45.3 Å². The molecule has 2 heterocycles. The van der Waals surface area contributed by atoms with Gasteiger partial charge in [0.2, 0.25) is 27.4 Å². The Balaban J connectivity index is 1.66. The summed E-state index contributed by atoms with van der Waals surface area (Å²) < 4.78 is 51.5. The molecule has 1 aromatic carbocycles. The average molecular weight is 811 g/mol. The maximum atomic E-state index is 14.7. The van der Waals surface area contributed by atoms with Gasteiger partial charge in [-0.25, -0.2) is 17.9 Å². The first-order valence-electron chi connectivity index (χ1n) is 18.3. The van der Waals surface area contributed by atoms with E-state index in [1.165, 1.54) is 29.6 Å². The largest absolute Gasteiger partial charge is 0.465 e. The van der Waals surface area contributed by atoms with E-state index >= 15 is 0 Å². The van der Waals surface area contributed by atoms with Crippen molar-refractivity contribution in [2.75, 3.05) is 13.1 Å². The molecule has 21 heteroatoms. The maximum absolute atomic E-state index is 14.7. The van der Waals surface area contributed by atoms with Crippen molar-refractivity contribution in [1.82, 2.24) is 35.8 Å². The number of carbonyl (C=O) groups is 6. The highest BCUT2D eigenvalue weighted by atomic mass is 32.2. The molecule has 2 aromatic rings. The van der Waals surface area contributed by atoms with Gasteiger partial charge in [0, 0.05) is 25.1 Å². The van der Waals surface area contributed by atoms with Crippen molar-refractivity contribution in [1.29, 1.82) is 0 Å². The van der Waals surface area contributed by atoms with Gasteiger partial charge >= 0.3 is 11.9 Å². The Labute approximate surface area is 321 Å². The number of carbonyl (C=O) groups excluding carboxylic acids is 5. The molecule has 0 radical (unpaired) electrons. The van der Waals surface area contributed by atoms with Crippen molar-refractivity contribution in [3.05, 3.63) is 41.7 Å². The topological polar surface area (TPSA) is 273 Å². The zero-order valence-electron chi connectivity index (χ0n) is 31.0. The Morgan fingerprint density at radius 3 is 2.25 bits per heavy atom. The number of halogens is 2. The first kappa shape index (κ1) is 43.7. The highest BCUT2D eigenvalue weighted by Crippen LogP contribution is 2.34. The predicted octanol–water partition coefficient (Wildman–Crippen LogP) is 1.39. The quantitative estimate of drug-likeness (QED) is 0.0921. The van der Waals surface area contributed by atoms with E-state index in [0.717, 1.165) is 56.4 Å². The Kier molecular flexibility index (Phi) is 14.6. The Morgan fingerprint density at radius 2 is 1.66 bits per heavy atom. The standard InChI is InChI=1S/C35H48F2N8O10S/c1-35(2,53)27-18-40-43-45(27)22-17-26(31(49)41-24(28(46)29(38)47)10-6-7-15-39-34(51)52)44(19-22)32(50)25(16-20-8-4-3-5-9-20)42-30(48)21-11-13-23(14-12-21)56(54,55)33(36)37/h11-14,18,20,22,24-26,33,39,53H,3-10,15-17,19H2,1-2H3,(H2,38,47)(H,41,49)(H,42,48)(H,51,52)/t22-,24?,25+,26-/m0/s1. The number of unbranched alkanes of at least 4 members (excludes halogenated alkanes) is 1. The number of ketones is 1. The van der Waals surface area contributed by atoms with Crippen LogP contribution in [0, 0.1) is 5.92 Å². The second-order valence-corrected chi connectivity index (χ2v) is 16.5. The van der Waals surface area contributed by atoms with E-state index in [-0.39, 0.29) is 62.4 Å². The zero-order valence-corrected chi connectivity index (χ0v) is 31.8. The molecule has 1 aliphatic heterocycles. The number of rotatable bonds is 18. The van der Waals surface area contributed by atoms with Crippen molar-refractivity contribution in [2.45, 2.75) is 118 Å². The molecule has 18 nitrogen and oxygen atoms in total. The number of hydrogen-bond donors (Lipinski definition) is 6. The number of Topliss-reactive ketones (excluding diaryl/α,β-unsaturated/α-hetero) is 1. The number of alkyl halides is 2. The number of nitrogens with one attached hydrogen (secondary N) is 3. The lowest BCUT2D eigenvalue weighted by atomic mass is 9.84. The first-order chi connectivity index (χ1) is 26.3. The molecule has 0 bridgehead atoms. The van der Waals surface area contributed by atoms with Gasteiger partial charge in [0.25, 0.3) is 11.8 Å². The molecule has 5 amide bonds. The van der Waals surface area contributed by atoms with E-state index in [9.17, 15) is 51.1 Å². The number of primary amides is 1. The van der Waals surface area contributed by atoms with Gasteiger partial charge in [0.15, 0.2) is 0 Å². The molecular weight excluding hydrogens is 762 g/mol. The predicted molar refractivity (Wildman–Crippen MR) is 193 cm³/mol. The van der Waals surface area contributed by atoms with Gasteiger partial charge in [-0.3, -0.25) is 24.0 Å². The number of amides is 5. The summed E-state index contributed by atoms with van der Waals surface area (Å²) in [6, 6.07) is -0.840. The van der Waals surface area contributed by atoms with Crippen molar-refractivity contribution in [3.8, 4) is 0 Å². The molecule has 1 saturated heterocycles. The van der Waals surface area contributed by atoms with Gasteiger partial charge in [-0.15, -0.1) is 5.10 Å². The normalized spacial score (nSPS) is 18.9. The summed E-state index contributed by atoms with van der Waals surface area (Å²) in [4.78, 5) is 78.5. The second kappa shape index (κ2) is 18.7. The molecule has 56 heavy (non-hydrogen) atoms. The summed E-state index contributed by atoms with van der Waals surface area (Å²) in [6.07, 6.45) is 4.86. The summed E-state index contributed by atoms with van der Waals surface area (Å²) >= 11 is 0. The van der Waals surface area contributed by atoms with Crippen molar-refractivity contribution < 1.29 is 56.2 Å². The van der Waals surface area contributed by atoms with Crippen LogP contribution in [0.3, 0.4) is 0 Å². The molecular formula is C35H48F2N8O10S. The highest BCUT2D eigenvalue weighted by molar-refractivity contribution is 7.91. The number of carboxylic acid groups (broad SMARTS) is 1. The van der Waals surface area contributed by atoms with Crippen LogP contribution in [0.2, 0.25) is 0 Å². The molecule has 0 spiro atoms. The number of nitrogens with zero attached hydrogens (tertiary/aromatic N) is 4. The van der Waals surface area contributed by atoms with Gasteiger partial charge in [-0.1, -0.05) is 37.3 Å². The lowest BCUT2D eigenvalue weighted by molar-refractivity contribution is -0.142. The second-order valence-electron chi connectivity index (χ2n) is 14.6. The minimum atomic E-state index is -4.93. The maximum Gasteiger partial charge on any atom is 0.404 e. The minimum absolute atomic E-state index is 0.00697. The molecule has 1 aromatic heterocycles. The number of likely N-dealkylation sites (tertiary alicyclic amines) is 1. The number of aromatic nitrogens is 3. The Hall–Kier alpha value is -5.05. The van der Waals surface area contributed by atoms with Crippen LogP contribution < -0.4 is 21.7 Å². The third-order valence-corrected chi connectivity index (χ3v) is 11.5. The smallest absolute Gasteiger partial charge is 0.404 e. The first-order valence-corrected chi connectivity index (χ1v) is 19.8. The van der Waals surface area contributed by atoms with Crippen molar-refractivity contribution in [2.24, 2.45) is 11.7 Å². The third-order valence-electron chi connectivity index (χ3n) is 10.1. The van der Waals surface area contributed by atoms with Gasteiger partial charge < -0.3 is 36.8 Å². The minimum Gasteiger partial charge on any atom is -0.465 e. The fraction of sp³-hybridized carbons (Fsp3) is 0.600. The van der Waals surface area contributed by atoms with Gasteiger partial charge in [-0.2, -0.15) is 8.78 Å². The molecule has 2 fully saturated rings. The van der Waals surface area contributed by atoms with E-state index in [2.05, 4.69) is 26.3 Å². The third kappa shape index (κ3) is 11.0. The summed E-state index contributed by atoms with van der Waals surface area (Å²) in [7, 11) is -4.93. The molecule has 308 valence electrons. The number of sulfone groups is 1. The van der Waals surface area contributed by atoms with Crippen LogP contribution in [0.4, 0.5) is 13.6 Å². The molecule has 2 aliphatic rings. The van der Waals surface area contributed by atoms with Gasteiger partial charge in [0.05, 0.1) is 28.9 Å². The van der Waals surface area contributed by atoms with E-state index in [1.807, 2.05) is 0 Å². The fourth-order valence-corrected chi connectivity index (χ4v) is 7.85. The highest BCUT2D eigenvalue weighted by Gasteiger charge is 2.45. The molecule has 1 unspecified atom stereocenters. The summed E-state index contributed by atoms with van der Waals surface area (Å²) in [6.45, 7) is 2.89. The fourth-order valence-electron chi connectivity index (χ4n) is 7.13. The van der Waals surface area contributed by atoms with Crippen LogP contribution in [0.15, 0.2) is 35.4 Å². The molecule has 1 saturated carbocycles. The molecule has 4 atom stereocenters. The van der Waals surface area contributed by atoms with Gasteiger partial charge in [0.1, 0.15) is 17.7 Å². The summed E-state index contributed by atoms with van der Waals surface area (Å²) in [5.74, 6) is -8.39. The van der Waals surface area contributed by atoms with Crippen LogP contribution in [-0.4, -0.2) is 111 Å². The van der Waals surface area contributed by atoms with E-state index in [4.69, 9.17) is 10.8 Å². The summed E-state index contributed by atoms with van der Waals surface area (Å²) in [5.41, 5.74) is 4.01. The van der Waals surface area contributed by atoms with Crippen LogP contribution in [-0.2, 0) is 34.6 Å². The lowest BCUT2D eigenvalue weighted by Crippen LogP contribution is -2.56. The van der Waals surface area contributed by atoms with E-state index in [1.54, 1.807) is 0 Å². The SMILES string of the molecule is CC(C)(O)c1cnnn1[C@H]1C[C@@H](C(=O)NC(CCCCNC(=O)O)C(=O)C(N)=O)N(C(=O)[C@@H](CC2CCCCC2)NC(=O)c2ccc(S(=O)(=O)C(F)F)cc2)C1. The summed E-state index contributed by atoms with van der Waals surface area (Å²) in [5, 5.41) is 35.1. The Bertz CT molecular complexity index is 1860. The molecule has 4 rings (SSSR count). The number of aliphatic hydroxyl groups is 1. The van der Waals surface area contributed by atoms with E-state index < -0.39 is 85.8 Å². The van der Waals surface area contributed by atoms with Crippen LogP contribution in [0.25, 0.3) is 0 Å². The molecule has 1 aliphatic carbocycles. The van der Waals surface area contributed by atoms with Crippen LogP contribution in [0.1, 0.15) is 100 Å². The van der Waals surface area contributed by atoms with Crippen molar-refractivity contribution in [3.63, 3.8) is 0 Å². The monoisotopic (exact) mass is 810 g/mol. The van der Waals surface area contributed by atoms with Crippen LogP contribution >= 0.6 is 0 Å². The average Bonchev–Trinajstić information content (AvgIpc) is 3.82. The Morgan fingerprint density at radius 1 is 1.00 bits per heavy atom. The zero-order chi connectivity index (χ0) is 41.4. The molecule has 7 N–H and O–H groups in total. The lowest BCUT2D eigenvalue weighted by Gasteiger charge is -2.32. The van der Waals surface area contributed by atoms with Crippen LogP contribution in [0.5, 0.6) is 0 Å². The number of hydrogen-bond acceptors (Lipinski definition) is 11.